The molecule has 1 nitrogen and oxygen atoms in total. The van der Waals surface area contributed by atoms with Gasteiger partial charge in [-0.2, -0.15) is 0 Å². The van der Waals surface area contributed by atoms with E-state index in [-0.39, 0.29) is 51.4 Å². The fraction of sp³-hybridized carbons (Fsp3) is 1.00. The summed E-state index contributed by atoms with van der Waals surface area (Å²) in [5.74, 6) is 0. The smallest absolute Gasteiger partial charge is 0.396 e. The molecule has 0 rings (SSSR count). The Morgan fingerprint density at radius 2 is 2.00 bits per heavy atom. The van der Waals surface area contributed by atoms with Crippen molar-refractivity contribution in [2.24, 2.45) is 0 Å². The van der Waals surface area contributed by atoms with Crippen LogP contribution in [0.2, 0.25) is 0 Å². The summed E-state index contributed by atoms with van der Waals surface area (Å²) in [4.78, 5) is 0. The van der Waals surface area contributed by atoms with Crippen LogP contribution in [-0.4, -0.2) is 11.7 Å². The van der Waals surface area contributed by atoms with E-state index in [0.29, 0.717) is 6.61 Å². The van der Waals surface area contributed by atoms with Crippen molar-refractivity contribution in [2.75, 3.05) is 6.61 Å². The maximum atomic E-state index is 8.07. The first-order valence-electron chi connectivity index (χ1n) is 2.02. The Bertz CT molecular complexity index is 15.0. The fourth-order valence-electron chi connectivity index (χ4n) is 0.158. The summed E-state index contributed by atoms with van der Waals surface area (Å²) >= 11 is 0. The minimum atomic E-state index is 0. The van der Waals surface area contributed by atoms with Gasteiger partial charge >= 0.3 is 51.4 Å². The van der Waals surface area contributed by atoms with Crippen LogP contribution in [0.1, 0.15) is 19.8 Å². The Morgan fingerprint density at radius 3 is 2.00 bits per heavy atom. The van der Waals surface area contributed by atoms with E-state index < -0.39 is 0 Å². The van der Waals surface area contributed by atoms with Crippen LogP contribution < -0.4 is 51.4 Å². The molecule has 0 aliphatic heterocycles. The fourth-order valence-corrected chi connectivity index (χ4v) is 0.158. The first kappa shape index (κ1) is 10.6. The van der Waals surface area contributed by atoms with Gasteiger partial charge in [0.15, 0.2) is 0 Å². The number of unbranched alkanes of at least 4 members (excludes halogenated alkanes) is 1. The van der Waals surface area contributed by atoms with Crippen LogP contribution in [0, 0.1) is 0 Å². The average Bonchev–Trinajstić information content (AvgIpc) is 1.41. The molecule has 0 unspecified atom stereocenters. The molecule has 0 aliphatic carbocycles. The molecule has 0 amide bonds. The molecule has 0 bridgehead atoms. The standard InChI is InChI=1S/C4H10O.K/c1-2-3-4-5;/h5H,2-4H2,1H3;/q;+1. The van der Waals surface area contributed by atoms with Gasteiger partial charge in [0.1, 0.15) is 0 Å². The number of hydrogen-bond acceptors (Lipinski definition) is 1. The molecule has 1 N–H and O–H groups in total. The van der Waals surface area contributed by atoms with Crippen LogP contribution in [0.5, 0.6) is 0 Å². The van der Waals surface area contributed by atoms with Crippen molar-refractivity contribution in [3.05, 3.63) is 0 Å². The summed E-state index contributed by atoms with van der Waals surface area (Å²) in [6.07, 6.45) is 2.04. The minimum absolute atomic E-state index is 0. The second-order valence-corrected chi connectivity index (χ2v) is 1.08. The maximum absolute atomic E-state index is 8.07. The molecule has 2 heteroatoms. The Balaban J connectivity index is 0. The molecule has 0 aromatic carbocycles. The van der Waals surface area contributed by atoms with E-state index in [2.05, 4.69) is 6.92 Å². The van der Waals surface area contributed by atoms with Crippen molar-refractivity contribution in [2.45, 2.75) is 19.8 Å². The van der Waals surface area contributed by atoms with Crippen LogP contribution in [0.4, 0.5) is 0 Å². The van der Waals surface area contributed by atoms with Crippen molar-refractivity contribution in [3.8, 4) is 0 Å². The van der Waals surface area contributed by atoms with Gasteiger partial charge in [0, 0.05) is 6.61 Å². The van der Waals surface area contributed by atoms with E-state index in [4.69, 9.17) is 5.11 Å². The van der Waals surface area contributed by atoms with E-state index in [1.165, 1.54) is 0 Å². The third-order valence-corrected chi connectivity index (χ3v) is 0.512. The molecule has 0 spiro atoms. The number of hydrogen-bond donors (Lipinski definition) is 1. The minimum Gasteiger partial charge on any atom is -0.396 e. The summed E-state index contributed by atoms with van der Waals surface area (Å²) in [6, 6.07) is 0. The number of rotatable bonds is 2. The zero-order valence-corrected chi connectivity index (χ0v) is 7.69. The quantitative estimate of drug-likeness (QED) is 0.402. The van der Waals surface area contributed by atoms with Gasteiger partial charge in [-0.1, -0.05) is 13.3 Å². The monoisotopic (exact) mass is 113 g/mol. The molecule has 6 heavy (non-hydrogen) atoms. The topological polar surface area (TPSA) is 20.2 Å². The van der Waals surface area contributed by atoms with Crippen LogP contribution in [0.15, 0.2) is 0 Å². The molecule has 0 aromatic rings. The van der Waals surface area contributed by atoms with Gasteiger partial charge in [0.2, 0.25) is 0 Å². The van der Waals surface area contributed by atoms with Gasteiger partial charge in [-0.3, -0.25) is 0 Å². The second kappa shape index (κ2) is 9.78. The summed E-state index contributed by atoms with van der Waals surface area (Å²) in [6.45, 7) is 2.40. The zero-order chi connectivity index (χ0) is 4.12. The summed E-state index contributed by atoms with van der Waals surface area (Å²) in [5.41, 5.74) is 0. The molecule has 0 aliphatic rings. The average molecular weight is 113 g/mol. The third kappa shape index (κ3) is 9.14. The first-order valence-corrected chi connectivity index (χ1v) is 2.02. The van der Waals surface area contributed by atoms with E-state index in [1.54, 1.807) is 0 Å². The van der Waals surface area contributed by atoms with Crippen molar-refractivity contribution >= 4 is 0 Å². The largest absolute Gasteiger partial charge is 1.00 e. The Kier molecular flexibility index (Phi) is 17.2. The molecular formula is C4H10KO+. The van der Waals surface area contributed by atoms with Crippen molar-refractivity contribution in [1.29, 1.82) is 0 Å². The third-order valence-electron chi connectivity index (χ3n) is 0.512. The molecular weight excluding hydrogens is 103 g/mol. The second-order valence-electron chi connectivity index (χ2n) is 1.08. The van der Waals surface area contributed by atoms with E-state index in [0.717, 1.165) is 12.8 Å². The van der Waals surface area contributed by atoms with Crippen molar-refractivity contribution in [3.63, 3.8) is 0 Å². The van der Waals surface area contributed by atoms with Crippen LogP contribution in [-0.2, 0) is 0 Å². The van der Waals surface area contributed by atoms with Crippen LogP contribution in [0.3, 0.4) is 0 Å². The summed E-state index contributed by atoms with van der Waals surface area (Å²) in [5, 5.41) is 8.07. The van der Waals surface area contributed by atoms with Gasteiger partial charge < -0.3 is 5.11 Å². The van der Waals surface area contributed by atoms with Gasteiger partial charge in [-0.15, -0.1) is 0 Å². The molecule has 0 fully saturated rings. The molecule has 32 valence electrons. The van der Waals surface area contributed by atoms with E-state index in [1.807, 2.05) is 0 Å². The van der Waals surface area contributed by atoms with Crippen molar-refractivity contribution < 1.29 is 56.5 Å². The molecule has 0 radical (unpaired) electrons. The van der Waals surface area contributed by atoms with Gasteiger partial charge in [-0.05, 0) is 6.42 Å². The number of aliphatic hydroxyl groups is 1. The molecule has 0 atom stereocenters. The molecule has 0 saturated heterocycles. The first-order chi connectivity index (χ1) is 2.41. The number of aliphatic hydroxyl groups excluding tert-OH is 1. The zero-order valence-electron chi connectivity index (χ0n) is 4.57. The normalized spacial score (nSPS) is 7.00. The SMILES string of the molecule is CCCCO.[K+]. The molecule has 0 saturated carbocycles. The predicted molar refractivity (Wildman–Crippen MR) is 22.0 cm³/mol. The maximum Gasteiger partial charge on any atom is 1.00 e. The van der Waals surface area contributed by atoms with Crippen molar-refractivity contribution in [1.82, 2.24) is 0 Å². The Labute approximate surface area is 81.6 Å². The van der Waals surface area contributed by atoms with E-state index in [9.17, 15) is 0 Å². The van der Waals surface area contributed by atoms with Gasteiger partial charge in [0.05, 0.1) is 0 Å². The molecule has 0 heterocycles. The van der Waals surface area contributed by atoms with E-state index >= 15 is 0 Å². The summed E-state index contributed by atoms with van der Waals surface area (Å²) < 4.78 is 0. The molecule has 0 aromatic heterocycles. The van der Waals surface area contributed by atoms with Gasteiger partial charge in [-0.25, -0.2) is 0 Å². The van der Waals surface area contributed by atoms with Gasteiger partial charge in [0.25, 0.3) is 0 Å². The Morgan fingerprint density at radius 1 is 1.50 bits per heavy atom. The summed E-state index contributed by atoms with van der Waals surface area (Å²) in [7, 11) is 0. The van der Waals surface area contributed by atoms with Crippen LogP contribution >= 0.6 is 0 Å². The predicted octanol–water partition coefficient (Wildman–Crippen LogP) is -2.22. The van der Waals surface area contributed by atoms with Crippen LogP contribution in [0.25, 0.3) is 0 Å². The Hall–Kier alpha value is 1.60.